The summed E-state index contributed by atoms with van der Waals surface area (Å²) in [7, 11) is 0. The summed E-state index contributed by atoms with van der Waals surface area (Å²) < 4.78 is 0. The van der Waals surface area contributed by atoms with Gasteiger partial charge >= 0.3 is 0 Å². The van der Waals surface area contributed by atoms with Crippen LogP contribution in [0.2, 0.25) is 0 Å². The number of hydrogen-bond acceptors (Lipinski definition) is 5. The van der Waals surface area contributed by atoms with E-state index in [-0.39, 0.29) is 11.3 Å². The minimum absolute atomic E-state index is 0.126. The molecule has 0 unspecified atom stereocenters. The minimum atomic E-state index is -0.530. The number of non-ortho nitro benzene ring substituents is 1. The SMILES string of the molecule is O=C(Nc1nc(-c2ccc3ccccc3c2)cs1)c1cccc([N+](=O)[O-])c1. The van der Waals surface area contributed by atoms with Gasteiger partial charge in [0, 0.05) is 28.6 Å². The Morgan fingerprint density at radius 3 is 2.63 bits per heavy atom. The Hall–Kier alpha value is -3.58. The molecular formula is C20H13N3O3S. The van der Waals surface area contributed by atoms with Crippen molar-refractivity contribution in [2.45, 2.75) is 0 Å². The number of carbonyl (C=O) groups is 1. The largest absolute Gasteiger partial charge is 0.298 e. The molecule has 6 nitrogen and oxygen atoms in total. The number of fused-ring (bicyclic) bond motifs is 1. The van der Waals surface area contributed by atoms with E-state index in [0.29, 0.717) is 5.13 Å². The summed E-state index contributed by atoms with van der Waals surface area (Å²) in [6.07, 6.45) is 0. The van der Waals surface area contributed by atoms with E-state index in [1.807, 2.05) is 41.8 Å². The van der Waals surface area contributed by atoms with Crippen molar-refractivity contribution in [1.29, 1.82) is 0 Å². The van der Waals surface area contributed by atoms with Crippen LogP contribution in [0.3, 0.4) is 0 Å². The summed E-state index contributed by atoms with van der Waals surface area (Å²) in [4.78, 5) is 27.1. The van der Waals surface area contributed by atoms with Gasteiger partial charge in [-0.15, -0.1) is 11.3 Å². The van der Waals surface area contributed by atoms with Crippen molar-refractivity contribution < 1.29 is 9.72 Å². The summed E-state index contributed by atoms with van der Waals surface area (Å²) >= 11 is 1.31. The summed E-state index contributed by atoms with van der Waals surface area (Å²) in [5.41, 5.74) is 1.81. The van der Waals surface area contributed by atoms with Crippen molar-refractivity contribution in [2.24, 2.45) is 0 Å². The number of carbonyl (C=O) groups excluding carboxylic acids is 1. The second-order valence-electron chi connectivity index (χ2n) is 5.86. The van der Waals surface area contributed by atoms with E-state index in [1.54, 1.807) is 0 Å². The van der Waals surface area contributed by atoms with Crippen LogP contribution in [0.25, 0.3) is 22.0 Å². The van der Waals surface area contributed by atoms with Crippen LogP contribution in [-0.2, 0) is 0 Å². The van der Waals surface area contributed by atoms with E-state index in [1.165, 1.54) is 35.6 Å². The zero-order valence-electron chi connectivity index (χ0n) is 14.0. The minimum Gasteiger partial charge on any atom is -0.298 e. The third-order valence-corrected chi connectivity index (χ3v) is 4.85. The maximum absolute atomic E-state index is 12.3. The van der Waals surface area contributed by atoms with Crippen molar-refractivity contribution in [1.82, 2.24) is 4.98 Å². The molecule has 0 fully saturated rings. The van der Waals surface area contributed by atoms with Crippen molar-refractivity contribution in [3.63, 3.8) is 0 Å². The highest BCUT2D eigenvalue weighted by atomic mass is 32.1. The van der Waals surface area contributed by atoms with E-state index >= 15 is 0 Å². The fraction of sp³-hybridized carbons (Fsp3) is 0. The zero-order valence-corrected chi connectivity index (χ0v) is 14.8. The molecule has 0 aliphatic rings. The molecule has 0 radical (unpaired) electrons. The number of thiazole rings is 1. The molecular weight excluding hydrogens is 362 g/mol. The molecule has 0 atom stereocenters. The van der Waals surface area contributed by atoms with Gasteiger partial charge in [0.25, 0.3) is 11.6 Å². The number of benzene rings is 3. The van der Waals surface area contributed by atoms with Crippen molar-refractivity contribution in [2.75, 3.05) is 5.32 Å². The van der Waals surface area contributed by atoms with Gasteiger partial charge in [-0.2, -0.15) is 0 Å². The average Bonchev–Trinajstić information content (AvgIpc) is 3.16. The molecule has 27 heavy (non-hydrogen) atoms. The second kappa shape index (κ2) is 6.97. The fourth-order valence-corrected chi connectivity index (χ4v) is 3.46. The molecule has 1 aromatic heterocycles. The first-order chi connectivity index (χ1) is 13.1. The van der Waals surface area contributed by atoms with E-state index in [9.17, 15) is 14.9 Å². The van der Waals surface area contributed by atoms with Crippen molar-refractivity contribution in [3.05, 3.63) is 87.8 Å². The lowest BCUT2D eigenvalue weighted by Gasteiger charge is -2.02. The number of nitro groups is 1. The molecule has 0 saturated heterocycles. The highest BCUT2D eigenvalue weighted by Crippen LogP contribution is 2.28. The molecule has 0 bridgehead atoms. The van der Waals surface area contributed by atoms with Crippen LogP contribution in [0, 0.1) is 10.1 Å². The average molecular weight is 375 g/mol. The van der Waals surface area contributed by atoms with Crippen LogP contribution < -0.4 is 5.32 Å². The highest BCUT2D eigenvalue weighted by Gasteiger charge is 2.13. The van der Waals surface area contributed by atoms with Crippen molar-refractivity contribution in [3.8, 4) is 11.3 Å². The Morgan fingerprint density at radius 1 is 1.00 bits per heavy atom. The molecule has 1 N–H and O–H groups in total. The van der Waals surface area contributed by atoms with Gasteiger partial charge in [-0.1, -0.05) is 42.5 Å². The summed E-state index contributed by atoms with van der Waals surface area (Å²) in [6.45, 7) is 0. The van der Waals surface area contributed by atoms with Crippen LogP contribution >= 0.6 is 11.3 Å². The molecule has 1 amide bonds. The topological polar surface area (TPSA) is 85.1 Å². The van der Waals surface area contributed by atoms with Crippen LogP contribution in [0.4, 0.5) is 10.8 Å². The molecule has 4 rings (SSSR count). The number of nitrogens with one attached hydrogen (secondary N) is 1. The molecule has 3 aromatic carbocycles. The lowest BCUT2D eigenvalue weighted by Crippen LogP contribution is -2.11. The number of anilines is 1. The number of amides is 1. The summed E-state index contributed by atoms with van der Waals surface area (Å²) in [5.74, 6) is -0.432. The third kappa shape index (κ3) is 3.54. The van der Waals surface area contributed by atoms with Crippen LogP contribution in [0.5, 0.6) is 0 Å². The predicted octanol–water partition coefficient (Wildman–Crippen LogP) is 5.12. The van der Waals surface area contributed by atoms with E-state index in [0.717, 1.165) is 22.0 Å². The van der Waals surface area contributed by atoms with Gasteiger partial charge in [-0.05, 0) is 22.9 Å². The summed E-state index contributed by atoms with van der Waals surface area (Å²) in [6, 6.07) is 19.7. The lowest BCUT2D eigenvalue weighted by atomic mass is 10.1. The van der Waals surface area contributed by atoms with E-state index in [4.69, 9.17) is 0 Å². The Morgan fingerprint density at radius 2 is 1.81 bits per heavy atom. The maximum atomic E-state index is 12.3. The van der Waals surface area contributed by atoms with Crippen LogP contribution in [0.1, 0.15) is 10.4 Å². The van der Waals surface area contributed by atoms with Gasteiger partial charge in [-0.3, -0.25) is 20.2 Å². The molecule has 132 valence electrons. The molecule has 0 saturated carbocycles. The zero-order chi connectivity index (χ0) is 18.8. The van der Waals surface area contributed by atoms with Gasteiger partial charge in [0.15, 0.2) is 5.13 Å². The Kier molecular flexibility index (Phi) is 4.35. The normalized spacial score (nSPS) is 10.7. The van der Waals surface area contributed by atoms with Crippen LogP contribution in [-0.4, -0.2) is 15.8 Å². The first-order valence-electron chi connectivity index (χ1n) is 8.11. The summed E-state index contributed by atoms with van der Waals surface area (Å²) in [5, 5.41) is 18.1. The lowest BCUT2D eigenvalue weighted by molar-refractivity contribution is -0.384. The monoisotopic (exact) mass is 375 g/mol. The standard InChI is InChI=1S/C20H13N3O3S/c24-19(16-6-3-7-17(11-16)23(25)26)22-20-21-18(12-27-20)15-9-8-13-4-1-2-5-14(13)10-15/h1-12H,(H,21,22,24). The molecule has 1 heterocycles. The highest BCUT2D eigenvalue weighted by molar-refractivity contribution is 7.14. The van der Waals surface area contributed by atoms with Crippen molar-refractivity contribution >= 4 is 38.8 Å². The number of nitrogens with zero attached hydrogens (tertiary/aromatic N) is 2. The van der Waals surface area contributed by atoms with Gasteiger partial charge in [0.2, 0.25) is 0 Å². The first-order valence-corrected chi connectivity index (χ1v) is 8.98. The molecule has 0 aliphatic heterocycles. The molecule has 0 spiro atoms. The second-order valence-corrected chi connectivity index (χ2v) is 6.72. The predicted molar refractivity (Wildman–Crippen MR) is 106 cm³/mol. The maximum Gasteiger partial charge on any atom is 0.270 e. The Labute approximate surface area is 158 Å². The van der Waals surface area contributed by atoms with E-state index in [2.05, 4.69) is 16.4 Å². The Balaban J connectivity index is 1.56. The number of hydrogen-bond donors (Lipinski definition) is 1. The van der Waals surface area contributed by atoms with Gasteiger partial charge < -0.3 is 0 Å². The smallest absolute Gasteiger partial charge is 0.270 e. The fourth-order valence-electron chi connectivity index (χ4n) is 2.74. The number of aromatic nitrogens is 1. The van der Waals surface area contributed by atoms with Gasteiger partial charge in [0.1, 0.15) is 0 Å². The van der Waals surface area contributed by atoms with Gasteiger partial charge in [-0.25, -0.2) is 4.98 Å². The number of rotatable bonds is 4. The first kappa shape index (κ1) is 16.9. The molecule has 4 aromatic rings. The van der Waals surface area contributed by atoms with Gasteiger partial charge in [0.05, 0.1) is 10.6 Å². The van der Waals surface area contributed by atoms with E-state index < -0.39 is 10.8 Å². The molecule has 0 aliphatic carbocycles. The third-order valence-electron chi connectivity index (χ3n) is 4.09. The quantitative estimate of drug-likeness (QED) is 0.396. The van der Waals surface area contributed by atoms with Crippen LogP contribution in [0.15, 0.2) is 72.1 Å². The molecule has 7 heteroatoms. The Bertz CT molecular complexity index is 1170. The number of nitro benzene ring substituents is 1.